The van der Waals surface area contributed by atoms with Crippen LogP contribution in [0.4, 0.5) is 0 Å². The molecule has 0 radical (unpaired) electrons. The van der Waals surface area contributed by atoms with Gasteiger partial charge in [0.2, 0.25) is 0 Å². The molecule has 32 heavy (non-hydrogen) atoms. The normalized spacial score (nSPS) is 13.1. The Hall–Kier alpha value is -2.20. The first-order chi connectivity index (χ1) is 15.4. The van der Waals surface area contributed by atoms with Crippen LogP contribution < -0.4 is 10.4 Å². The van der Waals surface area contributed by atoms with E-state index in [9.17, 15) is 0 Å². The number of rotatable bonds is 11. The lowest BCUT2D eigenvalue weighted by molar-refractivity contribution is 0.112. The van der Waals surface area contributed by atoms with Gasteiger partial charge in [-0.2, -0.15) is 0 Å². The fourth-order valence-corrected chi connectivity index (χ4v) is 9.19. The van der Waals surface area contributed by atoms with E-state index in [2.05, 4.69) is 113 Å². The number of benzene rings is 3. The monoisotopic (exact) mass is 446 g/mol. The molecule has 0 fully saturated rings. The maximum Gasteiger partial charge on any atom is 0.261 e. The van der Waals surface area contributed by atoms with E-state index in [0.29, 0.717) is 6.61 Å². The summed E-state index contributed by atoms with van der Waals surface area (Å²) in [5, 5.41) is 2.71. The molecule has 0 bridgehead atoms. The van der Waals surface area contributed by atoms with Crippen LogP contribution in [0.3, 0.4) is 0 Å². The topological polar surface area (TPSA) is 18.5 Å². The van der Waals surface area contributed by atoms with Crippen LogP contribution in [0.5, 0.6) is 0 Å². The lowest BCUT2D eigenvalue weighted by Gasteiger charge is -2.44. The van der Waals surface area contributed by atoms with E-state index in [1.54, 1.807) is 0 Å². The predicted molar refractivity (Wildman–Crippen MR) is 138 cm³/mol. The fraction of sp³-hybridized carbons (Fsp3) is 0.379. The Morgan fingerprint density at radius 1 is 0.719 bits per heavy atom. The molecule has 0 heterocycles. The van der Waals surface area contributed by atoms with Crippen molar-refractivity contribution in [2.24, 2.45) is 0 Å². The summed E-state index contributed by atoms with van der Waals surface area (Å²) in [4.78, 5) is 0. The smallest absolute Gasteiger partial charge is 0.261 e. The molecule has 0 aliphatic heterocycles. The van der Waals surface area contributed by atoms with Gasteiger partial charge in [-0.3, -0.25) is 0 Å². The number of hydrogen-bond donors (Lipinski definition) is 0. The van der Waals surface area contributed by atoms with Crippen molar-refractivity contribution in [3.05, 3.63) is 96.6 Å². The Kier molecular flexibility index (Phi) is 8.86. The van der Waals surface area contributed by atoms with Crippen molar-refractivity contribution < 1.29 is 9.16 Å². The van der Waals surface area contributed by atoms with Crippen LogP contribution in [-0.4, -0.2) is 21.0 Å². The summed E-state index contributed by atoms with van der Waals surface area (Å²) >= 11 is 0. The second-order valence-electron chi connectivity index (χ2n) is 9.63. The van der Waals surface area contributed by atoms with Crippen molar-refractivity contribution in [2.45, 2.75) is 64.7 Å². The fourth-order valence-electron chi connectivity index (χ4n) is 4.45. The summed E-state index contributed by atoms with van der Waals surface area (Å²) < 4.78 is 13.0. The summed E-state index contributed by atoms with van der Waals surface area (Å²) in [6, 6.07) is 32.2. The minimum absolute atomic E-state index is 0.0166. The average Bonchev–Trinajstić information content (AvgIpc) is 2.81. The summed E-state index contributed by atoms with van der Waals surface area (Å²) in [7, 11) is -2.46. The number of ether oxygens (including phenoxy) is 1. The highest BCUT2D eigenvalue weighted by Crippen LogP contribution is 2.37. The molecule has 0 amide bonds. The van der Waals surface area contributed by atoms with Crippen LogP contribution >= 0.6 is 0 Å². The third-order valence-electron chi connectivity index (χ3n) is 6.06. The maximum absolute atomic E-state index is 7.15. The van der Waals surface area contributed by atoms with Gasteiger partial charge in [0.05, 0.1) is 6.61 Å². The number of hydrogen-bond acceptors (Lipinski definition) is 2. The molecular formula is C29H38O2Si. The minimum Gasteiger partial charge on any atom is -0.405 e. The van der Waals surface area contributed by atoms with Crippen LogP contribution in [0, 0.1) is 0 Å². The Morgan fingerprint density at radius 2 is 1.22 bits per heavy atom. The largest absolute Gasteiger partial charge is 0.405 e. The van der Waals surface area contributed by atoms with Crippen LogP contribution in [0.2, 0.25) is 5.04 Å². The van der Waals surface area contributed by atoms with E-state index in [-0.39, 0.29) is 11.1 Å². The minimum atomic E-state index is -2.46. The molecule has 0 unspecified atom stereocenters. The molecule has 0 saturated carbocycles. The van der Waals surface area contributed by atoms with Crippen LogP contribution in [0.1, 0.15) is 52.5 Å². The van der Waals surface area contributed by atoms with Crippen molar-refractivity contribution in [3.63, 3.8) is 0 Å². The van der Waals surface area contributed by atoms with E-state index >= 15 is 0 Å². The van der Waals surface area contributed by atoms with Crippen molar-refractivity contribution in [1.82, 2.24) is 0 Å². The molecule has 3 aromatic carbocycles. The molecule has 0 saturated heterocycles. The third kappa shape index (κ3) is 6.19. The molecule has 0 aliphatic carbocycles. The average molecular weight is 447 g/mol. The van der Waals surface area contributed by atoms with Gasteiger partial charge in [-0.25, -0.2) is 0 Å². The quantitative estimate of drug-likeness (QED) is 0.253. The molecule has 3 heteroatoms. The van der Waals surface area contributed by atoms with Crippen LogP contribution in [0.15, 0.2) is 91.0 Å². The van der Waals surface area contributed by atoms with Gasteiger partial charge < -0.3 is 9.16 Å². The van der Waals surface area contributed by atoms with Gasteiger partial charge in [0.1, 0.15) is 0 Å². The molecule has 3 rings (SSSR count). The molecule has 0 aliphatic rings. The highest BCUT2D eigenvalue weighted by Gasteiger charge is 2.50. The molecule has 0 aromatic heterocycles. The zero-order valence-corrected chi connectivity index (χ0v) is 21.1. The summed E-state index contributed by atoms with van der Waals surface area (Å²) in [5.74, 6) is 0. The van der Waals surface area contributed by atoms with Crippen molar-refractivity contribution in [2.75, 3.05) is 6.61 Å². The SMILES string of the molecule is C[C@@H](CCCCOCc1ccccc1)O[Si](c1ccccc1)(c1ccccc1)C(C)(C)C. The lowest BCUT2D eigenvalue weighted by Crippen LogP contribution is -2.67. The van der Waals surface area contributed by atoms with Crippen molar-refractivity contribution >= 4 is 18.7 Å². The van der Waals surface area contributed by atoms with E-state index in [4.69, 9.17) is 9.16 Å². The lowest BCUT2D eigenvalue weighted by atomic mass is 10.2. The first kappa shape index (κ1) is 24.4. The Balaban J connectivity index is 1.64. The second-order valence-corrected chi connectivity index (χ2v) is 13.9. The van der Waals surface area contributed by atoms with Gasteiger partial charge >= 0.3 is 0 Å². The molecule has 1 atom stereocenters. The summed E-state index contributed by atoms with van der Waals surface area (Å²) in [5.41, 5.74) is 1.23. The van der Waals surface area contributed by atoms with E-state index < -0.39 is 8.32 Å². The zero-order valence-electron chi connectivity index (χ0n) is 20.1. The van der Waals surface area contributed by atoms with Crippen LogP contribution in [0.25, 0.3) is 0 Å². The molecule has 170 valence electrons. The van der Waals surface area contributed by atoms with Gasteiger partial charge in [-0.15, -0.1) is 0 Å². The van der Waals surface area contributed by atoms with Gasteiger partial charge in [0, 0.05) is 12.7 Å². The van der Waals surface area contributed by atoms with Gasteiger partial charge in [0.15, 0.2) is 0 Å². The van der Waals surface area contributed by atoms with Crippen molar-refractivity contribution in [3.8, 4) is 0 Å². The standard InChI is InChI=1S/C29H38O2Si/c1-25(16-14-15-23-30-24-26-17-8-5-9-18-26)31-32(29(2,3)4,27-19-10-6-11-20-27)28-21-12-7-13-22-28/h5-13,17-22,25H,14-16,23-24H2,1-4H3/t25-/m0/s1. The highest BCUT2D eigenvalue weighted by atomic mass is 28.4. The third-order valence-corrected chi connectivity index (χ3v) is 11.2. The first-order valence-corrected chi connectivity index (χ1v) is 13.7. The van der Waals surface area contributed by atoms with Gasteiger partial charge in [-0.1, -0.05) is 112 Å². The number of unbranched alkanes of at least 4 members (excludes halogenated alkanes) is 1. The first-order valence-electron chi connectivity index (χ1n) is 11.8. The summed E-state index contributed by atoms with van der Waals surface area (Å²) in [6.45, 7) is 10.7. The maximum atomic E-state index is 7.15. The second kappa shape index (κ2) is 11.6. The summed E-state index contributed by atoms with van der Waals surface area (Å²) in [6.07, 6.45) is 3.39. The Morgan fingerprint density at radius 3 is 1.72 bits per heavy atom. The molecule has 0 N–H and O–H groups in total. The Labute approximate surface area is 195 Å². The zero-order chi connectivity index (χ0) is 22.9. The molecular weight excluding hydrogens is 408 g/mol. The van der Waals surface area contributed by atoms with E-state index in [0.717, 1.165) is 25.9 Å². The van der Waals surface area contributed by atoms with Gasteiger partial charge in [-0.05, 0) is 47.2 Å². The van der Waals surface area contributed by atoms with Crippen molar-refractivity contribution in [1.29, 1.82) is 0 Å². The van der Waals surface area contributed by atoms with E-state index in [1.165, 1.54) is 15.9 Å². The van der Waals surface area contributed by atoms with E-state index in [1.807, 2.05) is 6.07 Å². The Bertz CT molecular complexity index is 865. The highest BCUT2D eigenvalue weighted by molar-refractivity contribution is 6.99. The molecule has 3 aromatic rings. The van der Waals surface area contributed by atoms with Gasteiger partial charge in [0.25, 0.3) is 8.32 Å². The molecule has 2 nitrogen and oxygen atoms in total. The van der Waals surface area contributed by atoms with Crippen LogP contribution in [-0.2, 0) is 15.8 Å². The molecule has 0 spiro atoms. The predicted octanol–water partition coefficient (Wildman–Crippen LogP) is 6.34.